The van der Waals surface area contributed by atoms with Gasteiger partial charge in [-0.1, -0.05) is 60.7 Å². The van der Waals surface area contributed by atoms with Crippen molar-refractivity contribution in [2.75, 3.05) is 6.61 Å². The number of carbonyl (C=O) groups is 2. The predicted octanol–water partition coefficient (Wildman–Crippen LogP) is 3.69. The molecule has 0 bridgehead atoms. The fraction of sp³-hybridized carbons (Fsp3) is 0.240. The van der Waals surface area contributed by atoms with Crippen LogP contribution in [-0.2, 0) is 27.8 Å². The van der Waals surface area contributed by atoms with Crippen molar-refractivity contribution in [3.8, 4) is 0 Å². The average Bonchev–Trinajstić information content (AvgIpc) is 3.02. The molecule has 1 amide bonds. The maximum Gasteiger partial charge on any atom is 0.331 e. The maximum atomic E-state index is 12.5. The molecule has 0 aliphatic rings. The number of amides is 1. The Bertz CT molecular complexity index is 1060. The Morgan fingerprint density at radius 1 is 1.06 bits per heavy atom. The van der Waals surface area contributed by atoms with Crippen LogP contribution in [0.25, 0.3) is 6.08 Å². The fourth-order valence-corrected chi connectivity index (χ4v) is 3.39. The third kappa shape index (κ3) is 6.15. The maximum absolute atomic E-state index is 12.5. The summed E-state index contributed by atoms with van der Waals surface area (Å²) in [5.41, 5.74) is 4.75. The van der Waals surface area contributed by atoms with E-state index in [0.29, 0.717) is 6.42 Å². The van der Waals surface area contributed by atoms with Gasteiger partial charge in [-0.05, 0) is 37.5 Å². The smallest absolute Gasteiger partial charge is 0.331 e. The molecule has 0 aliphatic heterocycles. The van der Waals surface area contributed by atoms with Gasteiger partial charge in [0.2, 0.25) is 0 Å². The van der Waals surface area contributed by atoms with Gasteiger partial charge < -0.3 is 10.1 Å². The molecule has 0 saturated heterocycles. The number of hydrogen-bond acceptors (Lipinski definition) is 4. The van der Waals surface area contributed by atoms with E-state index in [1.807, 2.05) is 81.6 Å². The Morgan fingerprint density at radius 3 is 2.32 bits per heavy atom. The minimum Gasteiger partial charge on any atom is -0.452 e. The van der Waals surface area contributed by atoms with Gasteiger partial charge in [-0.2, -0.15) is 5.10 Å². The van der Waals surface area contributed by atoms with E-state index in [0.717, 1.165) is 28.1 Å². The molecule has 6 heteroatoms. The first-order valence-corrected chi connectivity index (χ1v) is 10.2. The molecule has 1 aromatic heterocycles. The lowest BCUT2D eigenvalue weighted by molar-refractivity contribution is -0.144. The lowest BCUT2D eigenvalue weighted by atomic mass is 9.99. The van der Waals surface area contributed by atoms with Crippen molar-refractivity contribution in [3.63, 3.8) is 0 Å². The Kier molecular flexibility index (Phi) is 7.38. The molecule has 160 valence electrons. The number of nitrogens with zero attached hydrogens (tertiary/aromatic N) is 2. The van der Waals surface area contributed by atoms with Crippen molar-refractivity contribution < 1.29 is 14.3 Å². The second-order valence-corrected chi connectivity index (χ2v) is 7.37. The summed E-state index contributed by atoms with van der Waals surface area (Å²) >= 11 is 0. The summed E-state index contributed by atoms with van der Waals surface area (Å²) in [6.45, 7) is 3.46. The molecule has 0 radical (unpaired) electrons. The van der Waals surface area contributed by atoms with Crippen LogP contribution < -0.4 is 5.32 Å². The minimum absolute atomic E-state index is 0.217. The van der Waals surface area contributed by atoms with Gasteiger partial charge >= 0.3 is 5.97 Å². The highest BCUT2D eigenvalue weighted by Crippen LogP contribution is 2.18. The Labute approximate surface area is 182 Å². The van der Waals surface area contributed by atoms with E-state index in [1.54, 1.807) is 10.8 Å². The molecular formula is C25H27N3O3. The molecule has 0 fully saturated rings. The van der Waals surface area contributed by atoms with Crippen LogP contribution in [0.1, 0.15) is 34.1 Å². The highest BCUT2D eigenvalue weighted by Gasteiger charge is 2.16. The third-order valence-corrected chi connectivity index (χ3v) is 5.12. The molecule has 0 aliphatic carbocycles. The number of aryl methyl sites for hydroxylation is 2. The molecule has 6 nitrogen and oxygen atoms in total. The molecule has 31 heavy (non-hydrogen) atoms. The zero-order valence-electron chi connectivity index (χ0n) is 18.0. The molecule has 1 heterocycles. The van der Waals surface area contributed by atoms with Crippen LogP contribution in [0.4, 0.5) is 0 Å². The van der Waals surface area contributed by atoms with Crippen molar-refractivity contribution in [1.29, 1.82) is 0 Å². The van der Waals surface area contributed by atoms with Crippen LogP contribution in [0, 0.1) is 13.8 Å². The highest BCUT2D eigenvalue weighted by atomic mass is 16.5. The number of esters is 1. The molecule has 2 aromatic carbocycles. The fourth-order valence-electron chi connectivity index (χ4n) is 3.39. The van der Waals surface area contributed by atoms with E-state index in [4.69, 9.17) is 4.74 Å². The van der Waals surface area contributed by atoms with E-state index in [2.05, 4.69) is 10.4 Å². The lowest BCUT2D eigenvalue weighted by Gasteiger charge is -2.19. The van der Waals surface area contributed by atoms with E-state index in [-0.39, 0.29) is 18.6 Å². The molecule has 3 rings (SSSR count). The van der Waals surface area contributed by atoms with E-state index in [1.165, 1.54) is 6.08 Å². The Hall–Kier alpha value is -3.67. The average molecular weight is 418 g/mol. The number of rotatable bonds is 8. The topological polar surface area (TPSA) is 73.2 Å². The normalized spacial score (nSPS) is 12.0. The Morgan fingerprint density at radius 2 is 1.71 bits per heavy atom. The van der Waals surface area contributed by atoms with Crippen LogP contribution in [-0.4, -0.2) is 28.3 Å². The van der Waals surface area contributed by atoms with Gasteiger partial charge in [-0.3, -0.25) is 9.48 Å². The largest absolute Gasteiger partial charge is 0.452 e. The molecule has 1 atom stereocenters. The number of hydrogen-bond donors (Lipinski definition) is 1. The molecule has 1 N–H and O–H groups in total. The second-order valence-electron chi connectivity index (χ2n) is 7.37. The molecular weight excluding hydrogens is 390 g/mol. The second kappa shape index (κ2) is 10.4. The van der Waals surface area contributed by atoms with Gasteiger partial charge in [0.05, 0.1) is 11.7 Å². The van der Waals surface area contributed by atoms with Crippen LogP contribution in [0.2, 0.25) is 0 Å². The summed E-state index contributed by atoms with van der Waals surface area (Å²) in [6.07, 6.45) is 3.63. The summed E-state index contributed by atoms with van der Waals surface area (Å²) in [6, 6.07) is 19.5. The number of benzene rings is 2. The molecule has 0 unspecified atom stereocenters. The lowest BCUT2D eigenvalue weighted by Crippen LogP contribution is -2.33. The van der Waals surface area contributed by atoms with Gasteiger partial charge in [0.15, 0.2) is 6.61 Å². The summed E-state index contributed by atoms with van der Waals surface area (Å²) in [5, 5.41) is 7.29. The van der Waals surface area contributed by atoms with Crippen molar-refractivity contribution in [1.82, 2.24) is 15.1 Å². The predicted molar refractivity (Wildman–Crippen MR) is 120 cm³/mol. The standard InChI is InChI=1S/C25H27N3O3/c1-18-22(19(2)28(3)27-18)14-15-25(30)31-17-24(29)26-23(21-12-8-5-9-13-21)16-20-10-6-4-7-11-20/h4-15,23H,16-17H2,1-3H3,(H,26,29)/b15-14+/t23-/m1/s1. The zero-order chi connectivity index (χ0) is 22.2. The van der Waals surface area contributed by atoms with Gasteiger partial charge in [0.1, 0.15) is 0 Å². The van der Waals surface area contributed by atoms with Gasteiger partial charge in [-0.15, -0.1) is 0 Å². The van der Waals surface area contributed by atoms with Crippen LogP contribution >= 0.6 is 0 Å². The van der Waals surface area contributed by atoms with Gasteiger partial charge in [-0.25, -0.2) is 4.79 Å². The van der Waals surface area contributed by atoms with E-state index in [9.17, 15) is 9.59 Å². The summed E-state index contributed by atoms with van der Waals surface area (Å²) in [5.74, 6) is -0.919. The van der Waals surface area contributed by atoms with Crippen LogP contribution in [0.5, 0.6) is 0 Å². The number of ether oxygens (including phenoxy) is 1. The Balaban J connectivity index is 1.59. The number of carbonyl (C=O) groups excluding carboxylic acids is 2. The van der Waals surface area contributed by atoms with Crippen LogP contribution in [0.15, 0.2) is 66.7 Å². The SMILES string of the molecule is Cc1nn(C)c(C)c1/C=C/C(=O)OCC(=O)N[C@H](Cc1ccccc1)c1ccccc1. The van der Waals surface area contributed by atoms with Crippen molar-refractivity contribution >= 4 is 18.0 Å². The molecule has 0 saturated carbocycles. The third-order valence-electron chi connectivity index (χ3n) is 5.12. The minimum atomic E-state index is -0.572. The first-order valence-electron chi connectivity index (χ1n) is 10.2. The first-order chi connectivity index (χ1) is 14.9. The molecule has 0 spiro atoms. The van der Waals surface area contributed by atoms with Crippen molar-refractivity contribution in [2.45, 2.75) is 26.3 Å². The van der Waals surface area contributed by atoms with E-state index < -0.39 is 5.97 Å². The first kappa shape index (κ1) is 22.0. The molecule has 3 aromatic rings. The number of nitrogens with one attached hydrogen (secondary N) is 1. The number of aromatic nitrogens is 2. The highest BCUT2D eigenvalue weighted by molar-refractivity contribution is 5.89. The summed E-state index contributed by atoms with van der Waals surface area (Å²) in [7, 11) is 1.85. The summed E-state index contributed by atoms with van der Waals surface area (Å²) in [4.78, 5) is 24.6. The van der Waals surface area contributed by atoms with Crippen molar-refractivity contribution in [3.05, 3.63) is 94.8 Å². The van der Waals surface area contributed by atoms with Gasteiger partial charge in [0, 0.05) is 24.4 Å². The van der Waals surface area contributed by atoms with Crippen molar-refractivity contribution in [2.24, 2.45) is 7.05 Å². The quantitative estimate of drug-likeness (QED) is 0.448. The van der Waals surface area contributed by atoms with Gasteiger partial charge in [0.25, 0.3) is 5.91 Å². The van der Waals surface area contributed by atoms with E-state index >= 15 is 0 Å². The monoisotopic (exact) mass is 417 g/mol. The summed E-state index contributed by atoms with van der Waals surface area (Å²) < 4.78 is 6.89. The van der Waals surface area contributed by atoms with Crippen LogP contribution in [0.3, 0.4) is 0 Å². The zero-order valence-corrected chi connectivity index (χ0v) is 18.0.